The number of fused-ring (bicyclic) bond motifs is 1. The second-order valence-corrected chi connectivity index (χ2v) is 5.40. The van der Waals surface area contributed by atoms with Crippen molar-refractivity contribution in [3.63, 3.8) is 0 Å². The third-order valence-corrected chi connectivity index (χ3v) is 3.98. The van der Waals surface area contributed by atoms with E-state index in [-0.39, 0.29) is 0 Å². The van der Waals surface area contributed by atoms with Gasteiger partial charge >= 0.3 is 0 Å². The van der Waals surface area contributed by atoms with Gasteiger partial charge in [-0.2, -0.15) is 0 Å². The second kappa shape index (κ2) is 4.55. The maximum Gasteiger partial charge on any atom is 0.137 e. The van der Waals surface area contributed by atoms with Gasteiger partial charge < -0.3 is 0 Å². The first-order valence-electron chi connectivity index (χ1n) is 5.97. The van der Waals surface area contributed by atoms with E-state index in [1.54, 1.807) is 6.07 Å². The van der Waals surface area contributed by atoms with Gasteiger partial charge in [-0.25, -0.2) is 4.98 Å². The summed E-state index contributed by atoms with van der Waals surface area (Å²) in [6.45, 7) is 4.12. The number of hydrogen-bond donors (Lipinski definition) is 0. The molecule has 3 aromatic rings. The van der Waals surface area contributed by atoms with Crippen LogP contribution in [0, 0.1) is 13.8 Å². The zero-order valence-electron chi connectivity index (χ0n) is 10.6. The first-order valence-corrected chi connectivity index (χ1v) is 6.72. The van der Waals surface area contributed by atoms with Crippen LogP contribution >= 0.6 is 23.2 Å². The Hall–Kier alpha value is -1.51. The lowest BCUT2D eigenvalue weighted by molar-refractivity contribution is 1.09. The van der Waals surface area contributed by atoms with Gasteiger partial charge in [-0.15, -0.1) is 0 Å². The van der Waals surface area contributed by atoms with Crippen LogP contribution in [0.25, 0.3) is 16.9 Å². The van der Waals surface area contributed by atoms with E-state index in [1.165, 1.54) is 5.56 Å². The maximum atomic E-state index is 6.30. The lowest BCUT2D eigenvalue weighted by atomic mass is 10.1. The van der Waals surface area contributed by atoms with Crippen molar-refractivity contribution in [3.8, 4) is 11.3 Å². The summed E-state index contributed by atoms with van der Waals surface area (Å²) in [4.78, 5) is 4.45. The Morgan fingerprint density at radius 1 is 1.11 bits per heavy atom. The standard InChI is InChI=1S/C15H12Cl2N2/c1-9-6-10(2)19-13(8-18-14(19)7-9)11-4-3-5-12(16)15(11)17/h3-8H,1-2H3. The fourth-order valence-electron chi connectivity index (χ4n) is 2.37. The Kier molecular flexibility index (Phi) is 3.00. The van der Waals surface area contributed by atoms with Crippen molar-refractivity contribution in [1.82, 2.24) is 9.38 Å². The molecule has 0 aliphatic carbocycles. The first-order chi connectivity index (χ1) is 9.08. The van der Waals surface area contributed by atoms with E-state index in [0.29, 0.717) is 10.0 Å². The van der Waals surface area contributed by atoms with Gasteiger partial charge in [0.15, 0.2) is 0 Å². The summed E-state index contributed by atoms with van der Waals surface area (Å²) in [6.07, 6.45) is 1.83. The number of halogens is 2. The minimum Gasteiger partial charge on any atom is -0.297 e. The second-order valence-electron chi connectivity index (χ2n) is 4.61. The Morgan fingerprint density at radius 2 is 1.89 bits per heavy atom. The molecule has 0 amide bonds. The van der Waals surface area contributed by atoms with Crippen molar-refractivity contribution >= 4 is 28.8 Å². The number of imidazole rings is 1. The van der Waals surface area contributed by atoms with E-state index >= 15 is 0 Å². The van der Waals surface area contributed by atoms with E-state index in [2.05, 4.69) is 35.4 Å². The van der Waals surface area contributed by atoms with Crippen molar-refractivity contribution in [2.24, 2.45) is 0 Å². The van der Waals surface area contributed by atoms with Gasteiger partial charge in [-0.3, -0.25) is 4.40 Å². The fourth-order valence-corrected chi connectivity index (χ4v) is 2.77. The van der Waals surface area contributed by atoms with Gasteiger partial charge in [-0.1, -0.05) is 35.3 Å². The Bertz CT molecular complexity index is 775. The van der Waals surface area contributed by atoms with Crippen LogP contribution in [0.15, 0.2) is 36.5 Å². The SMILES string of the molecule is Cc1cc(C)n2c(-c3cccc(Cl)c3Cl)cnc2c1. The molecule has 3 rings (SSSR count). The monoisotopic (exact) mass is 290 g/mol. The van der Waals surface area contributed by atoms with E-state index < -0.39 is 0 Å². The number of rotatable bonds is 1. The molecular formula is C15H12Cl2N2. The number of aromatic nitrogens is 2. The molecule has 4 heteroatoms. The van der Waals surface area contributed by atoms with Gasteiger partial charge in [0.1, 0.15) is 5.65 Å². The molecule has 0 saturated heterocycles. The number of nitrogens with zero attached hydrogens (tertiary/aromatic N) is 2. The summed E-state index contributed by atoms with van der Waals surface area (Å²) in [6, 6.07) is 9.81. The first kappa shape index (κ1) is 12.5. The molecule has 0 aliphatic rings. The van der Waals surface area contributed by atoms with Gasteiger partial charge in [0, 0.05) is 11.3 Å². The molecule has 2 heterocycles. The number of aryl methyl sites for hydroxylation is 2. The van der Waals surface area contributed by atoms with Crippen LogP contribution in [-0.2, 0) is 0 Å². The summed E-state index contributed by atoms with van der Waals surface area (Å²) in [5.74, 6) is 0. The Morgan fingerprint density at radius 3 is 2.68 bits per heavy atom. The van der Waals surface area contributed by atoms with E-state index in [4.69, 9.17) is 23.2 Å². The molecule has 0 fully saturated rings. The maximum absolute atomic E-state index is 6.30. The van der Waals surface area contributed by atoms with E-state index in [9.17, 15) is 0 Å². The van der Waals surface area contributed by atoms with Crippen LogP contribution in [0.4, 0.5) is 0 Å². The van der Waals surface area contributed by atoms with Crippen LogP contribution in [-0.4, -0.2) is 9.38 Å². The van der Waals surface area contributed by atoms with Crippen molar-refractivity contribution in [2.75, 3.05) is 0 Å². The highest BCUT2D eigenvalue weighted by Crippen LogP contribution is 2.34. The summed E-state index contributed by atoms with van der Waals surface area (Å²) in [7, 11) is 0. The van der Waals surface area contributed by atoms with Crippen molar-refractivity contribution in [3.05, 3.63) is 57.8 Å². The van der Waals surface area contributed by atoms with Gasteiger partial charge in [0.05, 0.1) is 21.9 Å². The summed E-state index contributed by atoms with van der Waals surface area (Å²) < 4.78 is 2.09. The van der Waals surface area contributed by atoms with E-state index in [0.717, 1.165) is 22.6 Å². The van der Waals surface area contributed by atoms with Crippen LogP contribution in [0.5, 0.6) is 0 Å². The van der Waals surface area contributed by atoms with Crippen LogP contribution in [0.3, 0.4) is 0 Å². The molecule has 0 atom stereocenters. The minimum atomic E-state index is 0.555. The zero-order chi connectivity index (χ0) is 13.6. The molecule has 0 radical (unpaired) electrons. The van der Waals surface area contributed by atoms with Crippen molar-refractivity contribution in [2.45, 2.75) is 13.8 Å². The molecule has 0 saturated carbocycles. The smallest absolute Gasteiger partial charge is 0.137 e. The molecule has 96 valence electrons. The summed E-state index contributed by atoms with van der Waals surface area (Å²) in [5.41, 5.74) is 5.09. The molecule has 2 nitrogen and oxygen atoms in total. The van der Waals surface area contributed by atoms with Crippen LogP contribution in [0.1, 0.15) is 11.3 Å². The fraction of sp³-hybridized carbons (Fsp3) is 0.133. The van der Waals surface area contributed by atoms with Crippen LogP contribution < -0.4 is 0 Å². The molecule has 2 aromatic heterocycles. The molecule has 1 aromatic carbocycles. The Balaban J connectivity index is 2.35. The number of benzene rings is 1. The molecule has 0 N–H and O–H groups in total. The van der Waals surface area contributed by atoms with Gasteiger partial charge in [0.25, 0.3) is 0 Å². The zero-order valence-corrected chi connectivity index (χ0v) is 12.1. The molecule has 19 heavy (non-hydrogen) atoms. The number of hydrogen-bond acceptors (Lipinski definition) is 1. The minimum absolute atomic E-state index is 0.555. The lowest BCUT2D eigenvalue weighted by Crippen LogP contribution is -1.95. The largest absolute Gasteiger partial charge is 0.297 e. The molecule has 0 unspecified atom stereocenters. The molecule has 0 spiro atoms. The van der Waals surface area contributed by atoms with Crippen molar-refractivity contribution < 1.29 is 0 Å². The highest BCUT2D eigenvalue weighted by molar-refractivity contribution is 6.43. The highest BCUT2D eigenvalue weighted by Gasteiger charge is 2.12. The molecule has 0 aliphatic heterocycles. The molecular weight excluding hydrogens is 279 g/mol. The average molecular weight is 291 g/mol. The quantitative estimate of drug-likeness (QED) is 0.621. The summed E-state index contributed by atoms with van der Waals surface area (Å²) in [5, 5.41) is 1.12. The van der Waals surface area contributed by atoms with Gasteiger partial charge in [-0.05, 0) is 37.6 Å². The van der Waals surface area contributed by atoms with Crippen LogP contribution in [0.2, 0.25) is 10.0 Å². The average Bonchev–Trinajstić information content (AvgIpc) is 2.76. The third-order valence-electron chi connectivity index (χ3n) is 3.16. The third kappa shape index (κ3) is 2.01. The van der Waals surface area contributed by atoms with Crippen molar-refractivity contribution in [1.29, 1.82) is 0 Å². The predicted octanol–water partition coefficient (Wildman–Crippen LogP) is 4.92. The highest BCUT2D eigenvalue weighted by atomic mass is 35.5. The molecule has 0 bridgehead atoms. The Labute approximate surface area is 121 Å². The van der Waals surface area contributed by atoms with Gasteiger partial charge in [0.2, 0.25) is 0 Å². The van der Waals surface area contributed by atoms with E-state index in [1.807, 2.05) is 18.3 Å². The normalized spacial score (nSPS) is 11.2. The number of pyridine rings is 1. The lowest BCUT2D eigenvalue weighted by Gasteiger charge is -2.09. The predicted molar refractivity (Wildman–Crippen MR) is 80.1 cm³/mol. The summed E-state index contributed by atoms with van der Waals surface area (Å²) >= 11 is 12.4. The topological polar surface area (TPSA) is 17.3 Å².